The van der Waals surface area contributed by atoms with Crippen molar-refractivity contribution in [1.82, 2.24) is 0 Å². The van der Waals surface area contributed by atoms with Crippen LogP contribution in [0.5, 0.6) is 0 Å². The number of allylic oxidation sites excluding steroid dienone is 4. The molecule has 1 aliphatic rings. The van der Waals surface area contributed by atoms with Crippen LogP contribution in [0.3, 0.4) is 0 Å². The SMILES string of the molecule is COC1=CC(C(=O)/C(C=N)=C(\N)Nc2cc(C(=O)O)ccc2C)CC=C1. The fourth-order valence-corrected chi connectivity index (χ4v) is 2.55. The lowest BCUT2D eigenvalue weighted by atomic mass is 9.91. The van der Waals surface area contributed by atoms with E-state index in [4.69, 9.17) is 21.0 Å². The molecule has 1 aliphatic carbocycles. The van der Waals surface area contributed by atoms with Gasteiger partial charge in [-0.1, -0.05) is 12.1 Å². The second kappa shape index (κ2) is 8.15. The number of ether oxygens (including phenoxy) is 1. The summed E-state index contributed by atoms with van der Waals surface area (Å²) in [5.74, 6) is -1.27. The van der Waals surface area contributed by atoms with Gasteiger partial charge in [0.1, 0.15) is 11.6 Å². The Bertz CT molecular complexity index is 837. The molecule has 26 heavy (non-hydrogen) atoms. The molecule has 0 amide bonds. The molecule has 0 bridgehead atoms. The van der Waals surface area contributed by atoms with Crippen LogP contribution in [0.15, 0.2) is 53.6 Å². The lowest BCUT2D eigenvalue weighted by Crippen LogP contribution is -2.24. The van der Waals surface area contributed by atoms with Crippen LogP contribution in [-0.4, -0.2) is 30.2 Å². The van der Waals surface area contributed by atoms with Crippen LogP contribution in [0.4, 0.5) is 5.69 Å². The Labute approximate surface area is 151 Å². The second-order valence-electron chi connectivity index (χ2n) is 5.81. The minimum Gasteiger partial charge on any atom is -0.497 e. The number of aromatic carboxylic acids is 1. The van der Waals surface area contributed by atoms with Crippen molar-refractivity contribution in [3.63, 3.8) is 0 Å². The van der Waals surface area contributed by atoms with Gasteiger partial charge in [0.05, 0.1) is 18.2 Å². The standard InChI is InChI=1S/C19H21N3O4/c1-11-6-7-13(19(24)25)9-16(11)22-18(21)15(10-20)17(23)12-4-3-5-14(8-12)26-2/h3,5-10,12,20,22H,4,21H2,1-2H3,(H,24,25)/b18-15+,20-10?. The van der Waals surface area contributed by atoms with Crippen LogP contribution < -0.4 is 11.1 Å². The number of ketones is 1. The number of anilines is 1. The fraction of sp³-hybridized carbons (Fsp3) is 0.211. The Morgan fingerprint density at radius 3 is 2.77 bits per heavy atom. The number of nitrogens with one attached hydrogen (secondary N) is 2. The van der Waals surface area contributed by atoms with Gasteiger partial charge in [0.25, 0.3) is 0 Å². The highest BCUT2D eigenvalue weighted by Crippen LogP contribution is 2.23. The molecular formula is C19H21N3O4. The topological polar surface area (TPSA) is 126 Å². The fourth-order valence-electron chi connectivity index (χ4n) is 2.55. The van der Waals surface area contributed by atoms with Gasteiger partial charge in [-0.3, -0.25) is 4.79 Å². The summed E-state index contributed by atoms with van der Waals surface area (Å²) in [4.78, 5) is 23.9. The van der Waals surface area contributed by atoms with E-state index in [0.717, 1.165) is 11.8 Å². The third-order valence-electron chi connectivity index (χ3n) is 4.06. The van der Waals surface area contributed by atoms with Crippen LogP contribution in [-0.2, 0) is 9.53 Å². The predicted molar refractivity (Wildman–Crippen MR) is 99.1 cm³/mol. The molecule has 2 rings (SSSR count). The Kier molecular flexibility index (Phi) is 5.95. The molecule has 0 fully saturated rings. The van der Waals surface area contributed by atoms with Crippen molar-refractivity contribution >= 4 is 23.7 Å². The summed E-state index contributed by atoms with van der Waals surface area (Å²) in [7, 11) is 1.52. The molecule has 0 heterocycles. The molecule has 136 valence electrons. The van der Waals surface area contributed by atoms with Gasteiger partial charge in [0.15, 0.2) is 5.78 Å². The molecular weight excluding hydrogens is 334 g/mol. The Balaban J connectivity index is 2.31. The maximum atomic E-state index is 12.7. The monoisotopic (exact) mass is 355 g/mol. The average Bonchev–Trinajstić information content (AvgIpc) is 2.63. The van der Waals surface area contributed by atoms with Crippen LogP contribution in [0, 0.1) is 18.3 Å². The number of carboxylic acids is 1. The number of Topliss-reactive ketones (excluding diaryl/α,β-unsaturated/α-hetero) is 1. The van der Waals surface area contributed by atoms with Gasteiger partial charge in [-0.2, -0.15) is 0 Å². The quantitative estimate of drug-likeness (QED) is 0.440. The second-order valence-corrected chi connectivity index (χ2v) is 5.81. The number of carbonyl (C=O) groups is 2. The van der Waals surface area contributed by atoms with E-state index in [1.165, 1.54) is 19.2 Å². The summed E-state index contributed by atoms with van der Waals surface area (Å²) in [5.41, 5.74) is 7.36. The van der Waals surface area contributed by atoms with E-state index in [9.17, 15) is 9.59 Å². The average molecular weight is 355 g/mol. The van der Waals surface area contributed by atoms with E-state index in [-0.39, 0.29) is 22.7 Å². The summed E-state index contributed by atoms with van der Waals surface area (Å²) in [6.45, 7) is 1.78. The number of nitrogens with two attached hydrogens (primary N) is 1. The van der Waals surface area contributed by atoms with Gasteiger partial charge in [-0.15, -0.1) is 0 Å². The molecule has 5 N–H and O–H groups in total. The van der Waals surface area contributed by atoms with E-state index in [0.29, 0.717) is 17.9 Å². The van der Waals surface area contributed by atoms with E-state index in [1.807, 2.05) is 6.08 Å². The third-order valence-corrected chi connectivity index (χ3v) is 4.06. The third kappa shape index (κ3) is 4.18. The molecule has 1 aromatic rings. The number of hydrogen-bond donors (Lipinski definition) is 4. The van der Waals surface area contributed by atoms with Crippen molar-refractivity contribution in [3.8, 4) is 0 Å². The summed E-state index contributed by atoms with van der Waals surface area (Å²) >= 11 is 0. The summed E-state index contributed by atoms with van der Waals surface area (Å²) < 4.78 is 5.14. The molecule has 0 saturated heterocycles. The summed E-state index contributed by atoms with van der Waals surface area (Å²) in [6.07, 6.45) is 6.69. The van der Waals surface area contributed by atoms with Gasteiger partial charge in [0, 0.05) is 17.8 Å². The van der Waals surface area contributed by atoms with Gasteiger partial charge in [-0.05, 0) is 43.2 Å². The molecule has 0 saturated carbocycles. The van der Waals surface area contributed by atoms with E-state index >= 15 is 0 Å². The van der Waals surface area contributed by atoms with E-state index in [2.05, 4.69) is 5.32 Å². The van der Waals surface area contributed by atoms with Crippen LogP contribution in [0.25, 0.3) is 0 Å². The minimum absolute atomic E-state index is 0.00226. The molecule has 0 aliphatic heterocycles. The first-order chi connectivity index (χ1) is 12.4. The first-order valence-electron chi connectivity index (χ1n) is 7.95. The van der Waals surface area contributed by atoms with Gasteiger partial charge >= 0.3 is 5.97 Å². The molecule has 1 unspecified atom stereocenters. The number of rotatable bonds is 7. The lowest BCUT2D eigenvalue weighted by Gasteiger charge is -2.17. The van der Waals surface area contributed by atoms with Crippen molar-refractivity contribution in [3.05, 3.63) is 64.7 Å². The number of carboxylic acid groups (broad SMARTS) is 1. The minimum atomic E-state index is -1.06. The lowest BCUT2D eigenvalue weighted by molar-refractivity contribution is -0.117. The van der Waals surface area contributed by atoms with Crippen molar-refractivity contribution in [2.24, 2.45) is 11.7 Å². The summed E-state index contributed by atoms with van der Waals surface area (Å²) in [6, 6.07) is 4.56. The van der Waals surface area contributed by atoms with Crippen molar-refractivity contribution < 1.29 is 19.4 Å². The maximum absolute atomic E-state index is 12.7. The van der Waals surface area contributed by atoms with Gasteiger partial charge in [0.2, 0.25) is 0 Å². The van der Waals surface area contributed by atoms with Crippen LogP contribution in [0.2, 0.25) is 0 Å². The smallest absolute Gasteiger partial charge is 0.335 e. The van der Waals surface area contributed by atoms with Crippen molar-refractivity contribution in [2.75, 3.05) is 12.4 Å². The Morgan fingerprint density at radius 2 is 2.15 bits per heavy atom. The largest absolute Gasteiger partial charge is 0.497 e. The number of carbonyl (C=O) groups excluding carboxylic acids is 1. The van der Waals surface area contributed by atoms with E-state index < -0.39 is 11.9 Å². The molecule has 0 spiro atoms. The molecule has 0 radical (unpaired) electrons. The molecule has 1 atom stereocenters. The first kappa shape index (κ1) is 19.0. The van der Waals surface area contributed by atoms with Crippen LogP contribution in [0.1, 0.15) is 22.3 Å². The number of aryl methyl sites for hydroxylation is 1. The highest BCUT2D eigenvalue weighted by Gasteiger charge is 2.23. The zero-order valence-corrected chi connectivity index (χ0v) is 14.6. The predicted octanol–water partition coefficient (Wildman–Crippen LogP) is 2.60. The number of benzene rings is 1. The first-order valence-corrected chi connectivity index (χ1v) is 7.95. The molecule has 7 heteroatoms. The van der Waals surface area contributed by atoms with Crippen LogP contribution >= 0.6 is 0 Å². The Hall–Kier alpha value is -3.35. The molecule has 0 aromatic heterocycles. The maximum Gasteiger partial charge on any atom is 0.335 e. The highest BCUT2D eigenvalue weighted by molar-refractivity contribution is 6.15. The molecule has 1 aromatic carbocycles. The highest BCUT2D eigenvalue weighted by atomic mass is 16.5. The zero-order valence-electron chi connectivity index (χ0n) is 14.6. The summed E-state index contributed by atoms with van der Waals surface area (Å²) in [5, 5.41) is 19.5. The zero-order chi connectivity index (χ0) is 19.3. The number of methoxy groups -OCH3 is 1. The van der Waals surface area contributed by atoms with Crippen molar-refractivity contribution in [1.29, 1.82) is 5.41 Å². The number of hydrogen-bond acceptors (Lipinski definition) is 6. The Morgan fingerprint density at radius 1 is 1.42 bits per heavy atom. The van der Waals surface area contributed by atoms with Crippen molar-refractivity contribution in [2.45, 2.75) is 13.3 Å². The van der Waals surface area contributed by atoms with Gasteiger partial charge in [-0.25, -0.2) is 4.79 Å². The van der Waals surface area contributed by atoms with E-state index in [1.54, 1.807) is 25.1 Å². The normalized spacial score (nSPS) is 17.0. The molecule has 7 nitrogen and oxygen atoms in total. The van der Waals surface area contributed by atoms with Gasteiger partial charge < -0.3 is 26.3 Å².